The van der Waals surface area contributed by atoms with Gasteiger partial charge in [0.1, 0.15) is 5.82 Å². The molecule has 0 bridgehead atoms. The van der Waals surface area contributed by atoms with Crippen LogP contribution in [0.4, 0.5) is 0 Å². The standard InChI is InChI=1S/C52H33N5/c1-3-15-34(16-4-1)44-33-51(54-52(53-44)35-17-5-2-6-18-35)57-49-29-27-36(55-45-23-11-7-19-38(45)39-20-8-12-24-46(39)55)31-42(49)43-32-37(28-30-50(43)57)56-47-25-13-9-21-40(47)41-22-10-14-26-48(41)56/h1-33H. The highest BCUT2D eigenvalue weighted by molar-refractivity contribution is 6.14. The largest absolute Gasteiger partial charge is 0.309 e. The summed E-state index contributed by atoms with van der Waals surface area (Å²) in [5.74, 6) is 1.50. The van der Waals surface area contributed by atoms with E-state index in [-0.39, 0.29) is 0 Å². The van der Waals surface area contributed by atoms with E-state index in [2.05, 4.69) is 190 Å². The van der Waals surface area contributed by atoms with Crippen molar-refractivity contribution in [3.8, 4) is 39.8 Å². The second kappa shape index (κ2) is 12.4. The third kappa shape index (κ3) is 4.82. The summed E-state index contributed by atoms with van der Waals surface area (Å²) >= 11 is 0. The fourth-order valence-electron chi connectivity index (χ4n) is 8.95. The van der Waals surface area contributed by atoms with E-state index in [1.165, 1.54) is 43.6 Å². The molecule has 12 aromatic rings. The molecule has 0 aliphatic heterocycles. The Morgan fingerprint density at radius 2 is 0.667 bits per heavy atom. The minimum atomic E-state index is 0.686. The van der Waals surface area contributed by atoms with E-state index in [4.69, 9.17) is 9.97 Å². The summed E-state index contributed by atoms with van der Waals surface area (Å²) in [6.07, 6.45) is 0. The monoisotopic (exact) mass is 727 g/mol. The van der Waals surface area contributed by atoms with Gasteiger partial charge in [-0.05, 0) is 60.7 Å². The fourth-order valence-corrected chi connectivity index (χ4v) is 8.95. The molecule has 5 heteroatoms. The van der Waals surface area contributed by atoms with Crippen molar-refractivity contribution in [1.82, 2.24) is 23.7 Å². The Hall–Kier alpha value is -7.76. The van der Waals surface area contributed by atoms with E-state index in [0.29, 0.717) is 5.82 Å². The lowest BCUT2D eigenvalue weighted by atomic mass is 10.1. The predicted molar refractivity (Wildman–Crippen MR) is 236 cm³/mol. The van der Waals surface area contributed by atoms with Gasteiger partial charge in [-0.1, -0.05) is 133 Å². The Bertz CT molecular complexity index is 3180. The molecule has 0 radical (unpaired) electrons. The molecule has 0 spiro atoms. The van der Waals surface area contributed by atoms with E-state index in [0.717, 1.165) is 55.8 Å². The predicted octanol–water partition coefficient (Wildman–Crippen LogP) is 13.1. The molecule has 57 heavy (non-hydrogen) atoms. The highest BCUT2D eigenvalue weighted by atomic mass is 15.1. The van der Waals surface area contributed by atoms with Crippen LogP contribution in [-0.4, -0.2) is 23.7 Å². The first-order valence-electron chi connectivity index (χ1n) is 19.3. The molecule has 0 aliphatic rings. The average Bonchev–Trinajstić information content (AvgIpc) is 3.92. The van der Waals surface area contributed by atoms with E-state index in [9.17, 15) is 0 Å². The second-order valence-corrected chi connectivity index (χ2v) is 14.6. The molecule has 0 amide bonds. The number of hydrogen-bond acceptors (Lipinski definition) is 2. The van der Waals surface area contributed by atoms with Crippen LogP contribution in [0.2, 0.25) is 0 Å². The van der Waals surface area contributed by atoms with Crippen LogP contribution in [0.15, 0.2) is 200 Å². The number of nitrogens with zero attached hydrogens (tertiary/aromatic N) is 5. The molecule has 0 fully saturated rings. The fraction of sp³-hybridized carbons (Fsp3) is 0. The smallest absolute Gasteiger partial charge is 0.162 e. The van der Waals surface area contributed by atoms with Crippen molar-refractivity contribution in [1.29, 1.82) is 0 Å². The van der Waals surface area contributed by atoms with E-state index >= 15 is 0 Å². The topological polar surface area (TPSA) is 40.6 Å². The number of aromatic nitrogens is 5. The number of rotatable bonds is 5. The maximum atomic E-state index is 5.32. The molecular weight excluding hydrogens is 695 g/mol. The molecular formula is C52H33N5. The summed E-state index contributed by atoms with van der Waals surface area (Å²) in [6, 6.07) is 71.3. The number of fused-ring (bicyclic) bond motifs is 9. The lowest BCUT2D eigenvalue weighted by Crippen LogP contribution is -2.03. The average molecular weight is 728 g/mol. The van der Waals surface area contributed by atoms with Crippen LogP contribution in [0.5, 0.6) is 0 Å². The second-order valence-electron chi connectivity index (χ2n) is 14.6. The van der Waals surface area contributed by atoms with Crippen molar-refractivity contribution in [3.63, 3.8) is 0 Å². The Kier molecular flexibility index (Phi) is 6.86. The maximum absolute atomic E-state index is 5.32. The lowest BCUT2D eigenvalue weighted by molar-refractivity contribution is 1.05. The van der Waals surface area contributed by atoms with Crippen LogP contribution in [0.3, 0.4) is 0 Å². The van der Waals surface area contributed by atoms with Gasteiger partial charge in [0, 0.05) is 60.9 Å². The number of hydrogen-bond donors (Lipinski definition) is 0. The van der Waals surface area contributed by atoms with Gasteiger partial charge in [0.05, 0.1) is 38.8 Å². The van der Waals surface area contributed by atoms with Crippen LogP contribution < -0.4 is 0 Å². The van der Waals surface area contributed by atoms with Gasteiger partial charge in [0.15, 0.2) is 5.82 Å². The van der Waals surface area contributed by atoms with Crippen LogP contribution >= 0.6 is 0 Å². The first-order valence-corrected chi connectivity index (χ1v) is 19.3. The van der Waals surface area contributed by atoms with Crippen LogP contribution in [-0.2, 0) is 0 Å². The minimum Gasteiger partial charge on any atom is -0.309 e. The van der Waals surface area contributed by atoms with E-state index in [1.807, 2.05) is 24.3 Å². The highest BCUT2D eigenvalue weighted by Crippen LogP contribution is 2.40. The maximum Gasteiger partial charge on any atom is 0.162 e. The van der Waals surface area contributed by atoms with E-state index in [1.54, 1.807) is 0 Å². The zero-order valence-corrected chi connectivity index (χ0v) is 30.8. The summed E-state index contributed by atoms with van der Waals surface area (Å²) in [4.78, 5) is 10.4. The van der Waals surface area contributed by atoms with Crippen molar-refractivity contribution in [2.45, 2.75) is 0 Å². The van der Waals surface area contributed by atoms with Crippen molar-refractivity contribution < 1.29 is 0 Å². The Morgan fingerprint density at radius 3 is 1.12 bits per heavy atom. The first kappa shape index (κ1) is 31.6. The van der Waals surface area contributed by atoms with Crippen LogP contribution in [0, 0.1) is 0 Å². The molecule has 0 N–H and O–H groups in total. The lowest BCUT2D eigenvalue weighted by Gasteiger charge is -2.13. The first-order chi connectivity index (χ1) is 28.3. The molecule has 12 rings (SSSR count). The molecule has 4 aromatic heterocycles. The molecule has 0 atom stereocenters. The van der Waals surface area contributed by atoms with Gasteiger partial charge in [-0.3, -0.25) is 4.57 Å². The molecule has 0 unspecified atom stereocenters. The van der Waals surface area contributed by atoms with Gasteiger partial charge in [0.2, 0.25) is 0 Å². The molecule has 0 saturated carbocycles. The molecule has 266 valence electrons. The van der Waals surface area contributed by atoms with Crippen LogP contribution in [0.1, 0.15) is 0 Å². The summed E-state index contributed by atoms with van der Waals surface area (Å²) in [5, 5.41) is 7.26. The quantitative estimate of drug-likeness (QED) is 0.177. The zero-order valence-electron chi connectivity index (χ0n) is 30.8. The minimum absolute atomic E-state index is 0.686. The summed E-state index contributed by atoms with van der Waals surface area (Å²) in [5.41, 5.74) is 12.0. The molecule has 0 saturated heterocycles. The molecule has 5 nitrogen and oxygen atoms in total. The normalized spacial score (nSPS) is 11.9. The van der Waals surface area contributed by atoms with Crippen molar-refractivity contribution in [2.75, 3.05) is 0 Å². The SMILES string of the molecule is c1ccc(-c2cc(-n3c4ccc(-n5c6ccccc6c6ccccc65)cc4c4cc(-n5c6ccccc6c6ccccc65)ccc43)nc(-c3ccccc3)n2)cc1. The van der Waals surface area contributed by atoms with Gasteiger partial charge in [-0.2, -0.15) is 0 Å². The third-order valence-corrected chi connectivity index (χ3v) is 11.5. The number of benzene rings is 8. The highest BCUT2D eigenvalue weighted by Gasteiger charge is 2.20. The summed E-state index contributed by atoms with van der Waals surface area (Å²) < 4.78 is 7.11. The number of para-hydroxylation sites is 4. The van der Waals surface area contributed by atoms with Crippen LogP contribution in [0.25, 0.3) is 105 Å². The Morgan fingerprint density at radius 1 is 0.281 bits per heavy atom. The Labute approximate surface area is 328 Å². The van der Waals surface area contributed by atoms with Crippen molar-refractivity contribution in [3.05, 3.63) is 200 Å². The molecule has 0 aliphatic carbocycles. The van der Waals surface area contributed by atoms with E-state index < -0.39 is 0 Å². The van der Waals surface area contributed by atoms with Gasteiger partial charge >= 0.3 is 0 Å². The Balaban J connectivity index is 1.18. The van der Waals surface area contributed by atoms with Gasteiger partial charge < -0.3 is 9.13 Å². The van der Waals surface area contributed by atoms with Gasteiger partial charge in [0.25, 0.3) is 0 Å². The molecule has 8 aromatic carbocycles. The van der Waals surface area contributed by atoms with Gasteiger partial charge in [-0.25, -0.2) is 9.97 Å². The summed E-state index contributed by atoms with van der Waals surface area (Å²) in [7, 11) is 0. The van der Waals surface area contributed by atoms with Crippen molar-refractivity contribution in [2.24, 2.45) is 0 Å². The summed E-state index contributed by atoms with van der Waals surface area (Å²) in [6.45, 7) is 0. The van der Waals surface area contributed by atoms with Crippen molar-refractivity contribution >= 4 is 65.4 Å². The van der Waals surface area contributed by atoms with Gasteiger partial charge in [-0.15, -0.1) is 0 Å². The zero-order chi connectivity index (χ0) is 37.5. The third-order valence-electron chi connectivity index (χ3n) is 11.5. The molecule has 4 heterocycles.